The number of likely N-dealkylation sites (N-methyl/N-ethyl adjacent to an activating group) is 1. The van der Waals surface area contributed by atoms with Crippen LogP contribution in [0, 0.1) is 0 Å². The van der Waals surface area contributed by atoms with E-state index in [0.29, 0.717) is 51.5 Å². The summed E-state index contributed by atoms with van der Waals surface area (Å²) < 4.78 is 30.3. The first kappa shape index (κ1) is 31.2. The van der Waals surface area contributed by atoms with Gasteiger partial charge >= 0.3 is 0 Å². The number of halogens is 1. The number of rotatable bonds is 9. The first-order valence-electron chi connectivity index (χ1n) is 15.0. The molecule has 0 spiro atoms. The minimum atomic E-state index is -3.38. The molecule has 0 radical (unpaired) electrons. The molecular weight excluding hydrogens is 614 g/mol. The van der Waals surface area contributed by atoms with Crippen molar-refractivity contribution in [2.24, 2.45) is 0 Å². The molecule has 2 saturated heterocycles. The summed E-state index contributed by atoms with van der Waals surface area (Å²) in [6.07, 6.45) is 8.07. The Bertz CT molecular complexity index is 1780. The van der Waals surface area contributed by atoms with Gasteiger partial charge in [-0.1, -0.05) is 11.6 Å². The van der Waals surface area contributed by atoms with Crippen LogP contribution < -0.4 is 20.3 Å². The first-order chi connectivity index (χ1) is 21.7. The van der Waals surface area contributed by atoms with Crippen molar-refractivity contribution in [2.45, 2.75) is 24.6 Å². The highest BCUT2D eigenvalue weighted by atomic mass is 35.5. The van der Waals surface area contributed by atoms with E-state index in [2.05, 4.69) is 58.4 Å². The average molecular weight is 652 g/mol. The van der Waals surface area contributed by atoms with Crippen molar-refractivity contribution >= 4 is 61.3 Å². The third kappa shape index (κ3) is 7.38. The minimum absolute atomic E-state index is 0.226. The van der Waals surface area contributed by atoms with Crippen molar-refractivity contribution in [1.29, 1.82) is 0 Å². The maximum Gasteiger partial charge on any atom is 0.229 e. The van der Waals surface area contributed by atoms with E-state index in [1.807, 2.05) is 12.1 Å². The van der Waals surface area contributed by atoms with Crippen molar-refractivity contribution in [3.8, 4) is 5.75 Å². The maximum absolute atomic E-state index is 12.3. The zero-order valence-corrected chi connectivity index (χ0v) is 27.3. The van der Waals surface area contributed by atoms with Crippen molar-refractivity contribution in [3.63, 3.8) is 0 Å². The van der Waals surface area contributed by atoms with Crippen LogP contribution in [0.3, 0.4) is 0 Å². The number of hydrogen-bond acceptors (Lipinski definition) is 12. The molecule has 2 fully saturated rings. The number of piperazine rings is 1. The van der Waals surface area contributed by atoms with E-state index in [0.717, 1.165) is 57.8 Å². The second-order valence-corrected chi connectivity index (χ2v) is 14.2. The second kappa shape index (κ2) is 13.3. The Hall–Kier alpha value is -3.78. The molecule has 45 heavy (non-hydrogen) atoms. The summed E-state index contributed by atoms with van der Waals surface area (Å²) in [4.78, 5) is 25.1. The number of hydrogen-bond donors (Lipinski definition) is 2. The number of ether oxygens (including phenoxy) is 1. The zero-order chi connectivity index (χ0) is 31.6. The van der Waals surface area contributed by atoms with Gasteiger partial charge in [0.2, 0.25) is 5.95 Å². The number of fused-ring (bicyclic) bond motifs is 1. The number of anilines is 5. The fourth-order valence-corrected chi connectivity index (χ4v) is 6.99. The Morgan fingerprint density at radius 2 is 1.69 bits per heavy atom. The number of benzene rings is 2. The van der Waals surface area contributed by atoms with Crippen LogP contribution in [0.15, 0.2) is 48.9 Å². The van der Waals surface area contributed by atoms with Crippen LogP contribution >= 0.6 is 11.6 Å². The molecule has 2 aromatic carbocycles. The number of nitrogens with zero attached hydrogens (tertiary/aromatic N) is 7. The molecule has 14 heteroatoms. The largest absolute Gasteiger partial charge is 0.494 e. The Labute approximate surface area is 268 Å². The zero-order valence-electron chi connectivity index (χ0n) is 25.7. The van der Waals surface area contributed by atoms with Crippen molar-refractivity contribution in [1.82, 2.24) is 29.7 Å². The standard InChI is InChI=1S/C31H38ClN9O3S/c1-39-14-16-41(17-15-39)21-8-12-40(13-9-21)22-4-5-26(28(18-22)44-2)37-31-35-19-24(32)30(38-31)36-25-6-7-27-29(34-11-10-33-27)23(25)20-45(3,42)43/h4-7,10-11,18-19,21H,8-9,12-17,20H2,1-3H3,(H2,35,36,37,38). The topological polar surface area (TPSA) is 129 Å². The predicted molar refractivity (Wildman–Crippen MR) is 179 cm³/mol. The van der Waals surface area contributed by atoms with E-state index < -0.39 is 9.84 Å². The predicted octanol–water partition coefficient (Wildman–Crippen LogP) is 4.33. The van der Waals surface area contributed by atoms with Crippen molar-refractivity contribution in [2.75, 3.05) is 75.2 Å². The quantitative estimate of drug-likeness (QED) is 0.267. The highest BCUT2D eigenvalue weighted by molar-refractivity contribution is 7.89. The van der Waals surface area contributed by atoms with Gasteiger partial charge in [-0.2, -0.15) is 4.98 Å². The van der Waals surface area contributed by atoms with Crippen LogP contribution in [0.25, 0.3) is 11.0 Å². The fourth-order valence-electron chi connectivity index (χ4n) is 6.04. The molecular formula is C31H38ClN9O3S. The second-order valence-electron chi connectivity index (χ2n) is 11.7. The molecule has 0 amide bonds. The molecule has 0 aliphatic carbocycles. The van der Waals surface area contributed by atoms with Crippen molar-refractivity contribution < 1.29 is 13.2 Å². The van der Waals surface area contributed by atoms with Crippen LogP contribution in [0.2, 0.25) is 5.02 Å². The summed E-state index contributed by atoms with van der Waals surface area (Å²) in [5.41, 5.74) is 3.90. The molecule has 2 aliphatic heterocycles. The molecule has 2 aliphatic rings. The summed E-state index contributed by atoms with van der Waals surface area (Å²) in [6, 6.07) is 10.3. The van der Waals surface area contributed by atoms with Gasteiger partial charge in [-0.3, -0.25) is 14.9 Å². The normalized spacial score (nSPS) is 17.0. The lowest BCUT2D eigenvalue weighted by molar-refractivity contribution is 0.0982. The SMILES string of the molecule is COc1cc(N2CCC(N3CCN(C)CC3)CC2)ccc1Nc1ncc(Cl)c(Nc2ccc3nccnc3c2CS(C)(=O)=O)n1. The molecule has 0 unspecified atom stereocenters. The van der Waals surface area contributed by atoms with E-state index in [4.69, 9.17) is 16.3 Å². The van der Waals surface area contributed by atoms with Gasteiger partial charge in [0.15, 0.2) is 15.7 Å². The van der Waals surface area contributed by atoms with Crippen LogP contribution in [0.4, 0.5) is 28.8 Å². The van der Waals surface area contributed by atoms with E-state index >= 15 is 0 Å². The first-order valence-corrected chi connectivity index (χ1v) is 17.4. The molecule has 2 aromatic heterocycles. The molecule has 238 valence electrons. The Morgan fingerprint density at radius 3 is 2.42 bits per heavy atom. The number of sulfone groups is 1. The number of piperidine rings is 1. The van der Waals surface area contributed by atoms with E-state index in [9.17, 15) is 8.42 Å². The van der Waals surface area contributed by atoms with Crippen LogP contribution in [0.5, 0.6) is 5.75 Å². The Morgan fingerprint density at radius 1 is 0.956 bits per heavy atom. The summed E-state index contributed by atoms with van der Waals surface area (Å²) in [6.45, 7) is 6.59. The highest BCUT2D eigenvalue weighted by Gasteiger charge is 2.27. The van der Waals surface area contributed by atoms with Gasteiger partial charge in [0.25, 0.3) is 0 Å². The summed E-state index contributed by atoms with van der Waals surface area (Å²) >= 11 is 6.49. The Balaban J connectivity index is 1.18. The summed E-state index contributed by atoms with van der Waals surface area (Å²) in [5, 5.41) is 6.71. The molecule has 6 rings (SSSR count). The molecule has 4 aromatic rings. The fraction of sp³-hybridized carbons (Fsp3) is 0.419. The van der Waals surface area contributed by atoms with Crippen molar-refractivity contribution in [3.05, 3.63) is 59.5 Å². The molecule has 2 N–H and O–H groups in total. The maximum atomic E-state index is 12.3. The molecule has 12 nitrogen and oxygen atoms in total. The minimum Gasteiger partial charge on any atom is -0.494 e. The molecule has 0 atom stereocenters. The van der Waals surface area contributed by atoms with Gasteiger partial charge in [-0.15, -0.1) is 0 Å². The smallest absolute Gasteiger partial charge is 0.229 e. The van der Waals surface area contributed by atoms with Gasteiger partial charge in [0, 0.05) is 87.0 Å². The third-order valence-electron chi connectivity index (χ3n) is 8.46. The lowest BCUT2D eigenvalue weighted by Crippen LogP contribution is -2.52. The van der Waals surface area contributed by atoms with Gasteiger partial charge in [0.1, 0.15) is 10.8 Å². The van der Waals surface area contributed by atoms with Gasteiger partial charge < -0.3 is 25.2 Å². The molecule has 4 heterocycles. The van der Waals surface area contributed by atoms with E-state index in [1.54, 1.807) is 25.4 Å². The average Bonchev–Trinajstić information content (AvgIpc) is 3.04. The third-order valence-corrected chi connectivity index (χ3v) is 9.55. The monoisotopic (exact) mass is 651 g/mol. The lowest BCUT2D eigenvalue weighted by atomic mass is 10.0. The van der Waals surface area contributed by atoms with Crippen LogP contribution in [-0.4, -0.2) is 104 Å². The molecule has 0 saturated carbocycles. The van der Waals surface area contributed by atoms with Crippen LogP contribution in [0.1, 0.15) is 18.4 Å². The van der Waals surface area contributed by atoms with Crippen LogP contribution in [-0.2, 0) is 15.6 Å². The highest BCUT2D eigenvalue weighted by Crippen LogP contribution is 2.35. The van der Waals surface area contributed by atoms with Gasteiger partial charge in [-0.25, -0.2) is 13.4 Å². The number of methoxy groups -OCH3 is 1. The lowest BCUT2D eigenvalue weighted by Gasteiger charge is -2.42. The van der Waals surface area contributed by atoms with Gasteiger partial charge in [-0.05, 0) is 44.2 Å². The Kier molecular flexibility index (Phi) is 9.22. The van der Waals surface area contributed by atoms with Gasteiger partial charge in [0.05, 0.1) is 35.8 Å². The van der Waals surface area contributed by atoms with E-state index in [-0.39, 0.29) is 10.8 Å². The number of nitrogens with one attached hydrogen (secondary N) is 2. The number of aromatic nitrogens is 4. The summed E-state index contributed by atoms with van der Waals surface area (Å²) in [5.74, 6) is 1.05. The summed E-state index contributed by atoms with van der Waals surface area (Å²) in [7, 11) is 0.462. The molecule has 0 bridgehead atoms. The van der Waals surface area contributed by atoms with E-state index in [1.165, 1.54) is 18.6 Å².